The zero-order chi connectivity index (χ0) is 12.1. The van der Waals surface area contributed by atoms with Crippen molar-refractivity contribution in [3.63, 3.8) is 0 Å². The molecule has 4 heteroatoms. The molecule has 1 aliphatic heterocycles. The van der Waals surface area contributed by atoms with Crippen LogP contribution in [0, 0.1) is 11.3 Å². The van der Waals surface area contributed by atoms with Crippen LogP contribution in [0.5, 0.6) is 0 Å². The molecule has 0 amide bonds. The van der Waals surface area contributed by atoms with Crippen LogP contribution in [0.2, 0.25) is 0 Å². The molecule has 1 aromatic rings. The number of hydrogen-bond donors (Lipinski definition) is 1. The molecule has 2 rings (SSSR count). The Bertz CT molecular complexity index is 407. The minimum Gasteiger partial charge on any atom is -0.314 e. The number of hydrogen-bond acceptors (Lipinski definition) is 3. The topological polar surface area (TPSA) is 39.1 Å². The maximum absolute atomic E-state index is 8.99. The second-order valence-corrected chi connectivity index (χ2v) is 5.13. The number of piperazine rings is 1. The lowest BCUT2D eigenvalue weighted by Gasteiger charge is -2.34. The summed E-state index contributed by atoms with van der Waals surface area (Å²) in [5.74, 6) is 0. The maximum Gasteiger partial charge on any atom is 0.0641 e. The lowest BCUT2D eigenvalue weighted by Crippen LogP contribution is -2.45. The van der Waals surface area contributed by atoms with Crippen molar-refractivity contribution in [1.82, 2.24) is 10.2 Å². The normalized spacial score (nSPS) is 18.6. The fraction of sp³-hybridized carbons (Fsp3) is 0.462. The number of rotatable bonds is 3. The summed E-state index contributed by atoms with van der Waals surface area (Å²) < 4.78 is 1.08. The molecule has 1 aliphatic rings. The summed E-state index contributed by atoms with van der Waals surface area (Å²) in [5, 5.41) is 12.3. The molecule has 17 heavy (non-hydrogen) atoms. The Kier molecular flexibility index (Phi) is 4.55. The van der Waals surface area contributed by atoms with Crippen LogP contribution in [0.15, 0.2) is 28.7 Å². The van der Waals surface area contributed by atoms with Gasteiger partial charge < -0.3 is 5.32 Å². The highest BCUT2D eigenvalue weighted by atomic mass is 79.9. The summed E-state index contributed by atoms with van der Waals surface area (Å²) in [7, 11) is 0. The van der Waals surface area contributed by atoms with Gasteiger partial charge in [-0.15, -0.1) is 0 Å². The number of nitriles is 1. The molecule has 0 radical (unpaired) electrons. The van der Waals surface area contributed by atoms with Gasteiger partial charge in [0.25, 0.3) is 0 Å². The first-order chi connectivity index (χ1) is 8.31. The van der Waals surface area contributed by atoms with Crippen LogP contribution in [0.4, 0.5) is 0 Å². The highest BCUT2D eigenvalue weighted by Crippen LogP contribution is 2.26. The van der Waals surface area contributed by atoms with E-state index in [9.17, 15) is 0 Å². The standard InChI is InChI=1S/C13H16BrN3/c14-12-3-1-2-11(10-12)13(4-5-15)17-8-6-16-7-9-17/h1-3,10,13,16H,4,6-9H2/t13-/m1/s1. The molecule has 0 aromatic heterocycles. The summed E-state index contributed by atoms with van der Waals surface area (Å²) in [6.07, 6.45) is 0.552. The van der Waals surface area contributed by atoms with E-state index in [1.54, 1.807) is 0 Å². The Morgan fingerprint density at radius 3 is 2.82 bits per heavy atom. The van der Waals surface area contributed by atoms with Crippen LogP contribution in [-0.4, -0.2) is 31.1 Å². The molecule has 0 unspecified atom stereocenters. The lowest BCUT2D eigenvalue weighted by atomic mass is 10.0. The van der Waals surface area contributed by atoms with Gasteiger partial charge in [-0.05, 0) is 17.7 Å². The highest BCUT2D eigenvalue weighted by Gasteiger charge is 2.21. The molecule has 1 atom stereocenters. The van der Waals surface area contributed by atoms with Crippen LogP contribution >= 0.6 is 15.9 Å². The predicted molar refractivity (Wildman–Crippen MR) is 71.6 cm³/mol. The van der Waals surface area contributed by atoms with Crippen molar-refractivity contribution >= 4 is 15.9 Å². The summed E-state index contributed by atoms with van der Waals surface area (Å²) >= 11 is 3.49. The van der Waals surface area contributed by atoms with Gasteiger partial charge in [-0.2, -0.15) is 5.26 Å². The molecule has 0 aliphatic carbocycles. The van der Waals surface area contributed by atoms with E-state index in [-0.39, 0.29) is 6.04 Å². The molecule has 1 heterocycles. The van der Waals surface area contributed by atoms with E-state index in [0.717, 1.165) is 30.7 Å². The van der Waals surface area contributed by atoms with Crippen molar-refractivity contribution in [2.75, 3.05) is 26.2 Å². The van der Waals surface area contributed by atoms with E-state index < -0.39 is 0 Å². The molecular weight excluding hydrogens is 278 g/mol. The number of nitrogens with one attached hydrogen (secondary N) is 1. The van der Waals surface area contributed by atoms with Crippen LogP contribution in [0.25, 0.3) is 0 Å². The monoisotopic (exact) mass is 293 g/mol. The number of benzene rings is 1. The van der Waals surface area contributed by atoms with Gasteiger partial charge in [0.1, 0.15) is 0 Å². The average Bonchev–Trinajstić information content (AvgIpc) is 2.37. The molecule has 3 nitrogen and oxygen atoms in total. The third-order valence-corrected chi connectivity index (χ3v) is 3.60. The molecule has 0 bridgehead atoms. The molecular formula is C13H16BrN3. The fourth-order valence-corrected chi connectivity index (χ4v) is 2.67. The van der Waals surface area contributed by atoms with Gasteiger partial charge >= 0.3 is 0 Å². The summed E-state index contributed by atoms with van der Waals surface area (Å²) in [5.41, 5.74) is 1.22. The largest absolute Gasteiger partial charge is 0.314 e. The third-order valence-electron chi connectivity index (χ3n) is 3.11. The van der Waals surface area contributed by atoms with Gasteiger partial charge in [-0.3, -0.25) is 4.90 Å². The van der Waals surface area contributed by atoms with Crippen LogP contribution < -0.4 is 5.32 Å². The van der Waals surface area contributed by atoms with Crippen molar-refractivity contribution in [1.29, 1.82) is 5.26 Å². The molecule has 0 saturated carbocycles. The second-order valence-electron chi connectivity index (χ2n) is 4.22. The van der Waals surface area contributed by atoms with Gasteiger partial charge in [0, 0.05) is 36.7 Å². The van der Waals surface area contributed by atoms with Crippen molar-refractivity contribution in [3.8, 4) is 6.07 Å². The smallest absolute Gasteiger partial charge is 0.0641 e. The summed E-state index contributed by atoms with van der Waals surface area (Å²) in [6.45, 7) is 4.05. The van der Waals surface area contributed by atoms with Crippen molar-refractivity contribution in [3.05, 3.63) is 34.3 Å². The van der Waals surface area contributed by atoms with E-state index in [4.69, 9.17) is 5.26 Å². The Labute approximate surface area is 111 Å². The first-order valence-corrected chi connectivity index (χ1v) is 6.68. The van der Waals surface area contributed by atoms with E-state index in [1.807, 2.05) is 12.1 Å². The van der Waals surface area contributed by atoms with Gasteiger partial charge in [-0.1, -0.05) is 28.1 Å². The first-order valence-electron chi connectivity index (χ1n) is 5.88. The van der Waals surface area contributed by atoms with Gasteiger partial charge in [-0.25, -0.2) is 0 Å². The van der Waals surface area contributed by atoms with Crippen molar-refractivity contribution < 1.29 is 0 Å². The minimum absolute atomic E-state index is 0.222. The van der Waals surface area contributed by atoms with Gasteiger partial charge in [0.15, 0.2) is 0 Å². The minimum atomic E-state index is 0.222. The molecule has 1 N–H and O–H groups in total. The lowest BCUT2D eigenvalue weighted by molar-refractivity contribution is 0.175. The van der Waals surface area contributed by atoms with Crippen molar-refractivity contribution in [2.24, 2.45) is 0 Å². The van der Waals surface area contributed by atoms with E-state index in [2.05, 4.69) is 44.3 Å². The van der Waals surface area contributed by atoms with Crippen molar-refractivity contribution in [2.45, 2.75) is 12.5 Å². The quantitative estimate of drug-likeness (QED) is 0.930. The SMILES string of the molecule is N#CC[C@H](c1cccc(Br)c1)N1CCNCC1. The Hall–Kier alpha value is -0.890. The van der Waals surface area contributed by atoms with Crippen LogP contribution in [-0.2, 0) is 0 Å². The average molecular weight is 294 g/mol. The fourth-order valence-electron chi connectivity index (χ4n) is 2.25. The number of nitrogens with zero attached hydrogens (tertiary/aromatic N) is 2. The van der Waals surface area contributed by atoms with Crippen LogP contribution in [0.1, 0.15) is 18.0 Å². The second kappa shape index (κ2) is 6.15. The van der Waals surface area contributed by atoms with Crippen LogP contribution in [0.3, 0.4) is 0 Å². The van der Waals surface area contributed by atoms with Gasteiger partial charge in [0.05, 0.1) is 12.5 Å². The summed E-state index contributed by atoms with van der Waals surface area (Å²) in [4.78, 5) is 2.39. The van der Waals surface area contributed by atoms with E-state index in [1.165, 1.54) is 5.56 Å². The Balaban J connectivity index is 2.19. The summed E-state index contributed by atoms with van der Waals surface area (Å²) in [6, 6.07) is 10.8. The first kappa shape index (κ1) is 12.6. The molecule has 0 spiro atoms. The molecule has 90 valence electrons. The molecule has 1 aromatic carbocycles. The zero-order valence-electron chi connectivity index (χ0n) is 9.69. The highest BCUT2D eigenvalue weighted by molar-refractivity contribution is 9.10. The Morgan fingerprint density at radius 2 is 2.18 bits per heavy atom. The molecule has 1 fully saturated rings. The third kappa shape index (κ3) is 3.29. The van der Waals surface area contributed by atoms with E-state index >= 15 is 0 Å². The predicted octanol–water partition coefficient (Wildman–Crippen LogP) is 2.31. The molecule has 1 saturated heterocycles. The zero-order valence-corrected chi connectivity index (χ0v) is 11.3. The Morgan fingerprint density at radius 1 is 1.41 bits per heavy atom. The van der Waals surface area contributed by atoms with E-state index in [0.29, 0.717) is 6.42 Å². The maximum atomic E-state index is 8.99. The van der Waals surface area contributed by atoms with Gasteiger partial charge in [0.2, 0.25) is 0 Å². The number of halogens is 1.